The standard InChI is InChI=1S/C12H24F3N/c1-4-9-16-11(5-2)10(3)7-6-8-12(13,14)15/h10-11,16H,4-9H2,1-3H3. The van der Waals surface area contributed by atoms with Crippen molar-refractivity contribution in [3.8, 4) is 0 Å². The molecule has 0 aromatic rings. The normalized spacial score (nSPS) is 16.1. The third kappa shape index (κ3) is 7.97. The lowest BCUT2D eigenvalue weighted by Crippen LogP contribution is -2.35. The highest BCUT2D eigenvalue weighted by atomic mass is 19.4. The van der Waals surface area contributed by atoms with Gasteiger partial charge in [0.15, 0.2) is 0 Å². The summed E-state index contributed by atoms with van der Waals surface area (Å²) in [6.45, 7) is 7.15. The molecule has 0 spiro atoms. The van der Waals surface area contributed by atoms with E-state index in [1.165, 1.54) is 0 Å². The van der Waals surface area contributed by atoms with Gasteiger partial charge in [0.25, 0.3) is 0 Å². The van der Waals surface area contributed by atoms with Crippen molar-refractivity contribution >= 4 is 0 Å². The smallest absolute Gasteiger partial charge is 0.314 e. The summed E-state index contributed by atoms with van der Waals surface area (Å²) in [4.78, 5) is 0. The van der Waals surface area contributed by atoms with Gasteiger partial charge >= 0.3 is 6.18 Å². The molecule has 0 heterocycles. The number of alkyl halides is 3. The molecule has 0 aromatic heterocycles. The minimum absolute atomic E-state index is 0.245. The monoisotopic (exact) mass is 239 g/mol. The van der Waals surface area contributed by atoms with Gasteiger partial charge in [-0.25, -0.2) is 0 Å². The second-order valence-electron chi connectivity index (χ2n) is 4.45. The second-order valence-corrected chi connectivity index (χ2v) is 4.45. The molecule has 0 saturated heterocycles. The molecule has 4 heteroatoms. The zero-order valence-electron chi connectivity index (χ0n) is 10.5. The molecule has 0 amide bonds. The van der Waals surface area contributed by atoms with Crippen molar-refractivity contribution in [2.45, 2.75) is 65.1 Å². The molecule has 0 radical (unpaired) electrons. The Hall–Kier alpha value is -0.250. The summed E-state index contributed by atoms with van der Waals surface area (Å²) in [6.07, 6.45) is -1.72. The molecule has 0 aromatic carbocycles. The average Bonchev–Trinajstić information content (AvgIpc) is 2.17. The zero-order chi connectivity index (χ0) is 12.6. The van der Waals surface area contributed by atoms with Crippen LogP contribution in [0.1, 0.15) is 52.9 Å². The fourth-order valence-corrected chi connectivity index (χ4v) is 1.90. The van der Waals surface area contributed by atoms with E-state index in [0.717, 1.165) is 19.4 Å². The molecular formula is C12H24F3N. The number of hydrogen-bond donors (Lipinski definition) is 1. The summed E-state index contributed by atoms with van der Waals surface area (Å²) in [5.74, 6) is 0.318. The molecule has 2 atom stereocenters. The minimum atomic E-state index is -4.00. The maximum absolute atomic E-state index is 12.0. The Kier molecular flexibility index (Phi) is 7.81. The molecule has 0 aliphatic rings. The van der Waals surface area contributed by atoms with Gasteiger partial charge in [0, 0.05) is 12.5 Å². The summed E-state index contributed by atoms with van der Waals surface area (Å²) >= 11 is 0. The summed E-state index contributed by atoms with van der Waals surface area (Å²) in [6, 6.07) is 0.355. The van der Waals surface area contributed by atoms with Crippen LogP contribution in [0.2, 0.25) is 0 Å². The van der Waals surface area contributed by atoms with E-state index in [1.807, 2.05) is 6.92 Å². The van der Waals surface area contributed by atoms with Crippen molar-refractivity contribution in [2.24, 2.45) is 5.92 Å². The van der Waals surface area contributed by atoms with Crippen LogP contribution in [0.25, 0.3) is 0 Å². The Morgan fingerprint density at radius 3 is 2.25 bits per heavy atom. The van der Waals surface area contributed by atoms with Gasteiger partial charge in [-0.05, 0) is 38.1 Å². The first-order valence-corrected chi connectivity index (χ1v) is 6.20. The van der Waals surface area contributed by atoms with E-state index >= 15 is 0 Å². The summed E-state index contributed by atoms with van der Waals surface area (Å²) < 4.78 is 35.9. The first-order valence-electron chi connectivity index (χ1n) is 6.20. The van der Waals surface area contributed by atoms with E-state index in [9.17, 15) is 13.2 Å². The number of nitrogens with one attached hydrogen (secondary N) is 1. The Labute approximate surface area is 96.8 Å². The quantitative estimate of drug-likeness (QED) is 0.671. The van der Waals surface area contributed by atoms with Crippen LogP contribution in [0.15, 0.2) is 0 Å². The van der Waals surface area contributed by atoms with Crippen molar-refractivity contribution in [1.29, 1.82) is 0 Å². The average molecular weight is 239 g/mol. The molecule has 1 nitrogen and oxygen atoms in total. The predicted molar refractivity (Wildman–Crippen MR) is 61.4 cm³/mol. The Bertz CT molecular complexity index is 168. The highest BCUT2D eigenvalue weighted by molar-refractivity contribution is 4.72. The van der Waals surface area contributed by atoms with Gasteiger partial charge in [-0.3, -0.25) is 0 Å². The third-order valence-electron chi connectivity index (χ3n) is 2.90. The highest BCUT2D eigenvalue weighted by Crippen LogP contribution is 2.24. The molecule has 98 valence electrons. The van der Waals surface area contributed by atoms with Crippen molar-refractivity contribution in [1.82, 2.24) is 5.32 Å². The molecule has 0 rings (SSSR count). The summed E-state index contributed by atoms with van der Waals surface area (Å²) in [5.41, 5.74) is 0. The lowest BCUT2D eigenvalue weighted by molar-refractivity contribution is -0.136. The molecule has 1 N–H and O–H groups in total. The molecule has 0 saturated carbocycles. The van der Waals surface area contributed by atoms with Crippen LogP contribution < -0.4 is 5.32 Å². The largest absolute Gasteiger partial charge is 0.389 e. The van der Waals surface area contributed by atoms with E-state index in [2.05, 4.69) is 19.2 Å². The van der Waals surface area contributed by atoms with Crippen LogP contribution in [0.3, 0.4) is 0 Å². The van der Waals surface area contributed by atoms with Gasteiger partial charge in [0.05, 0.1) is 0 Å². The third-order valence-corrected chi connectivity index (χ3v) is 2.90. The maximum atomic E-state index is 12.0. The molecule has 0 fully saturated rings. The number of rotatable bonds is 8. The number of halogens is 3. The van der Waals surface area contributed by atoms with Crippen molar-refractivity contribution < 1.29 is 13.2 Å². The minimum Gasteiger partial charge on any atom is -0.314 e. The Morgan fingerprint density at radius 2 is 1.81 bits per heavy atom. The van der Waals surface area contributed by atoms with Crippen LogP contribution in [0.4, 0.5) is 13.2 Å². The number of hydrogen-bond acceptors (Lipinski definition) is 1. The van der Waals surface area contributed by atoms with Crippen molar-refractivity contribution in [3.05, 3.63) is 0 Å². The fraction of sp³-hybridized carbons (Fsp3) is 1.00. The van der Waals surface area contributed by atoms with Crippen molar-refractivity contribution in [3.63, 3.8) is 0 Å². The highest BCUT2D eigenvalue weighted by Gasteiger charge is 2.27. The zero-order valence-corrected chi connectivity index (χ0v) is 10.5. The van der Waals surface area contributed by atoms with E-state index in [0.29, 0.717) is 18.4 Å². The fourth-order valence-electron chi connectivity index (χ4n) is 1.90. The van der Waals surface area contributed by atoms with Crippen molar-refractivity contribution in [2.75, 3.05) is 6.54 Å². The van der Waals surface area contributed by atoms with E-state index in [4.69, 9.17) is 0 Å². The van der Waals surface area contributed by atoms with Gasteiger partial charge in [-0.15, -0.1) is 0 Å². The molecule has 16 heavy (non-hydrogen) atoms. The summed E-state index contributed by atoms with van der Waals surface area (Å²) in [5, 5.41) is 3.39. The van der Waals surface area contributed by atoms with E-state index < -0.39 is 12.6 Å². The topological polar surface area (TPSA) is 12.0 Å². The van der Waals surface area contributed by atoms with Gasteiger partial charge in [0.2, 0.25) is 0 Å². The molecule has 0 bridgehead atoms. The lowest BCUT2D eigenvalue weighted by Gasteiger charge is -2.24. The molecule has 0 aliphatic heterocycles. The molecule has 0 aliphatic carbocycles. The first-order chi connectivity index (χ1) is 7.40. The van der Waals surface area contributed by atoms with Crippen LogP contribution in [0.5, 0.6) is 0 Å². The second kappa shape index (κ2) is 7.93. The van der Waals surface area contributed by atoms with Gasteiger partial charge in [-0.1, -0.05) is 20.8 Å². The maximum Gasteiger partial charge on any atom is 0.389 e. The van der Waals surface area contributed by atoms with Crippen LogP contribution in [0, 0.1) is 5.92 Å². The summed E-state index contributed by atoms with van der Waals surface area (Å²) in [7, 11) is 0. The first kappa shape index (κ1) is 15.8. The van der Waals surface area contributed by atoms with Gasteiger partial charge in [-0.2, -0.15) is 13.2 Å². The van der Waals surface area contributed by atoms with Gasteiger partial charge in [0.1, 0.15) is 0 Å². The SMILES string of the molecule is CCCNC(CC)C(C)CCCC(F)(F)F. The molecule has 2 unspecified atom stereocenters. The van der Waals surface area contributed by atoms with Gasteiger partial charge < -0.3 is 5.32 Å². The van der Waals surface area contributed by atoms with E-state index in [-0.39, 0.29) is 6.42 Å². The predicted octanol–water partition coefficient (Wildman–Crippen LogP) is 4.13. The van der Waals surface area contributed by atoms with Crippen LogP contribution >= 0.6 is 0 Å². The van der Waals surface area contributed by atoms with Crippen LogP contribution in [-0.4, -0.2) is 18.8 Å². The van der Waals surface area contributed by atoms with E-state index in [1.54, 1.807) is 0 Å². The van der Waals surface area contributed by atoms with Crippen LogP contribution in [-0.2, 0) is 0 Å². The molecular weight excluding hydrogens is 215 g/mol. The lowest BCUT2D eigenvalue weighted by atomic mass is 9.93. The Morgan fingerprint density at radius 1 is 1.19 bits per heavy atom. The Balaban J connectivity index is 3.79.